The zero-order valence-electron chi connectivity index (χ0n) is 10.5. The predicted molar refractivity (Wildman–Crippen MR) is 73.5 cm³/mol. The summed E-state index contributed by atoms with van der Waals surface area (Å²) in [5, 5.41) is 11.9. The molecule has 2 rings (SSSR count). The van der Waals surface area contributed by atoms with E-state index in [4.69, 9.17) is 10.8 Å². The highest BCUT2D eigenvalue weighted by Gasteiger charge is 2.05. The Morgan fingerprint density at radius 2 is 1.85 bits per heavy atom. The van der Waals surface area contributed by atoms with Gasteiger partial charge < -0.3 is 16.2 Å². The fourth-order valence-electron chi connectivity index (χ4n) is 1.64. The van der Waals surface area contributed by atoms with Crippen molar-refractivity contribution in [3.8, 4) is 0 Å². The number of carboxylic acid groups (broad SMARTS) is 1. The molecule has 1 heterocycles. The second-order valence-electron chi connectivity index (χ2n) is 4.11. The molecule has 2 aromatic rings. The highest BCUT2D eigenvalue weighted by molar-refractivity contribution is 5.93. The minimum Gasteiger partial charge on any atom is -0.477 e. The molecule has 0 saturated carbocycles. The minimum absolute atomic E-state index is 0.00776. The zero-order valence-corrected chi connectivity index (χ0v) is 10.5. The van der Waals surface area contributed by atoms with Gasteiger partial charge in [0.25, 0.3) is 0 Å². The summed E-state index contributed by atoms with van der Waals surface area (Å²) in [5.74, 6) is -1.54. The lowest BCUT2D eigenvalue weighted by molar-refractivity contribution is 0.0690. The van der Waals surface area contributed by atoms with Crippen LogP contribution in [0.25, 0.3) is 0 Å². The average molecular weight is 271 g/mol. The van der Waals surface area contributed by atoms with Crippen LogP contribution in [-0.4, -0.2) is 22.0 Å². The van der Waals surface area contributed by atoms with E-state index in [0.717, 1.165) is 5.69 Å². The fourth-order valence-corrected chi connectivity index (χ4v) is 1.64. The third-order valence-electron chi connectivity index (χ3n) is 2.67. The van der Waals surface area contributed by atoms with Crippen molar-refractivity contribution in [3.05, 3.63) is 59.4 Å². The number of hydrogen-bond acceptors (Lipinski definition) is 4. The van der Waals surface area contributed by atoms with Crippen molar-refractivity contribution in [3.63, 3.8) is 0 Å². The molecule has 0 saturated heterocycles. The molecule has 6 heteroatoms. The van der Waals surface area contributed by atoms with Gasteiger partial charge in [-0.15, -0.1) is 0 Å². The number of amides is 1. The predicted octanol–water partition coefficient (Wildman–Crippen LogP) is 1.49. The smallest absolute Gasteiger partial charge is 0.354 e. The third-order valence-corrected chi connectivity index (χ3v) is 2.67. The largest absolute Gasteiger partial charge is 0.477 e. The number of hydrogen-bond donors (Lipinski definition) is 3. The molecule has 0 spiro atoms. The molecule has 1 aromatic carbocycles. The van der Waals surface area contributed by atoms with Gasteiger partial charge >= 0.3 is 5.97 Å². The molecule has 0 aliphatic heterocycles. The summed E-state index contributed by atoms with van der Waals surface area (Å²) >= 11 is 0. The lowest BCUT2D eigenvalue weighted by Gasteiger charge is -2.07. The normalized spacial score (nSPS) is 10.0. The van der Waals surface area contributed by atoms with Gasteiger partial charge in [-0.25, -0.2) is 9.78 Å². The highest BCUT2D eigenvalue weighted by atomic mass is 16.4. The summed E-state index contributed by atoms with van der Waals surface area (Å²) in [7, 11) is 0. The standard InChI is InChI=1S/C14H13N3O3/c15-13(18)9-4-6-10(7-5-9)16-8-11-2-1-3-12(17-11)14(19)20/h1-7,16H,8H2,(H2,15,18)(H,19,20). The Morgan fingerprint density at radius 1 is 1.15 bits per heavy atom. The maximum Gasteiger partial charge on any atom is 0.354 e. The summed E-state index contributed by atoms with van der Waals surface area (Å²) < 4.78 is 0. The zero-order chi connectivity index (χ0) is 14.5. The van der Waals surface area contributed by atoms with Crippen LogP contribution in [0.2, 0.25) is 0 Å². The first kappa shape index (κ1) is 13.5. The number of pyridine rings is 1. The van der Waals surface area contributed by atoms with Gasteiger partial charge in [-0.05, 0) is 36.4 Å². The summed E-state index contributed by atoms with van der Waals surface area (Å²) in [4.78, 5) is 25.7. The van der Waals surface area contributed by atoms with Gasteiger partial charge in [0.1, 0.15) is 5.69 Å². The number of benzene rings is 1. The molecule has 6 nitrogen and oxygen atoms in total. The van der Waals surface area contributed by atoms with Crippen LogP contribution >= 0.6 is 0 Å². The number of carbonyl (C=O) groups is 2. The number of aromatic carboxylic acids is 1. The first-order valence-corrected chi connectivity index (χ1v) is 5.89. The van der Waals surface area contributed by atoms with Gasteiger partial charge in [0.2, 0.25) is 5.91 Å². The average Bonchev–Trinajstić information content (AvgIpc) is 2.46. The van der Waals surface area contributed by atoms with Crippen LogP contribution in [0, 0.1) is 0 Å². The highest BCUT2D eigenvalue weighted by Crippen LogP contribution is 2.10. The molecule has 0 aliphatic carbocycles. The number of nitrogens with zero attached hydrogens (tertiary/aromatic N) is 1. The Kier molecular flexibility index (Phi) is 3.95. The molecular formula is C14H13N3O3. The summed E-state index contributed by atoms with van der Waals surface area (Å²) in [5.41, 5.74) is 6.99. The van der Waals surface area contributed by atoms with Gasteiger partial charge in [-0.3, -0.25) is 4.79 Å². The second kappa shape index (κ2) is 5.83. The lowest BCUT2D eigenvalue weighted by atomic mass is 10.2. The quantitative estimate of drug-likeness (QED) is 0.764. The monoisotopic (exact) mass is 271 g/mol. The molecule has 0 radical (unpaired) electrons. The number of aromatic nitrogens is 1. The van der Waals surface area contributed by atoms with Crippen molar-refractivity contribution in [2.45, 2.75) is 6.54 Å². The molecule has 1 aromatic heterocycles. The van der Waals surface area contributed by atoms with E-state index < -0.39 is 11.9 Å². The van der Waals surface area contributed by atoms with Crippen molar-refractivity contribution >= 4 is 17.6 Å². The third kappa shape index (κ3) is 3.32. The Hall–Kier alpha value is -2.89. The molecule has 0 bridgehead atoms. The van der Waals surface area contributed by atoms with Gasteiger partial charge in [-0.1, -0.05) is 6.07 Å². The van der Waals surface area contributed by atoms with Crippen LogP contribution in [0.3, 0.4) is 0 Å². The van der Waals surface area contributed by atoms with Crippen molar-refractivity contribution < 1.29 is 14.7 Å². The topological polar surface area (TPSA) is 105 Å². The van der Waals surface area contributed by atoms with E-state index in [0.29, 0.717) is 17.8 Å². The minimum atomic E-state index is -1.06. The Labute approximate surface area is 115 Å². The molecular weight excluding hydrogens is 258 g/mol. The van der Waals surface area contributed by atoms with Crippen molar-refractivity contribution in [1.29, 1.82) is 0 Å². The molecule has 0 aliphatic rings. The lowest BCUT2D eigenvalue weighted by Crippen LogP contribution is -2.11. The van der Waals surface area contributed by atoms with E-state index in [1.54, 1.807) is 36.4 Å². The van der Waals surface area contributed by atoms with Crippen molar-refractivity contribution in [2.24, 2.45) is 5.73 Å². The Morgan fingerprint density at radius 3 is 2.45 bits per heavy atom. The number of primary amides is 1. The maximum absolute atomic E-state index is 10.9. The molecule has 0 unspecified atom stereocenters. The Bertz CT molecular complexity index is 638. The first-order chi connectivity index (χ1) is 9.56. The fraction of sp³-hybridized carbons (Fsp3) is 0.0714. The van der Waals surface area contributed by atoms with E-state index in [1.807, 2.05) is 0 Å². The SMILES string of the molecule is NC(=O)c1ccc(NCc2cccc(C(=O)O)n2)cc1. The van der Waals surface area contributed by atoms with Gasteiger partial charge in [-0.2, -0.15) is 0 Å². The number of carboxylic acids is 1. The molecule has 1 amide bonds. The van der Waals surface area contributed by atoms with E-state index >= 15 is 0 Å². The van der Waals surface area contributed by atoms with E-state index in [9.17, 15) is 9.59 Å². The van der Waals surface area contributed by atoms with Gasteiger partial charge in [0.15, 0.2) is 0 Å². The Balaban J connectivity index is 2.03. The molecule has 0 atom stereocenters. The van der Waals surface area contributed by atoms with E-state index in [-0.39, 0.29) is 5.69 Å². The van der Waals surface area contributed by atoms with Crippen LogP contribution in [0.1, 0.15) is 26.5 Å². The number of carbonyl (C=O) groups excluding carboxylic acids is 1. The van der Waals surface area contributed by atoms with Gasteiger partial charge in [0.05, 0.1) is 12.2 Å². The van der Waals surface area contributed by atoms with Crippen LogP contribution in [0.5, 0.6) is 0 Å². The van der Waals surface area contributed by atoms with Crippen LogP contribution in [-0.2, 0) is 6.54 Å². The van der Waals surface area contributed by atoms with Crippen LogP contribution in [0.4, 0.5) is 5.69 Å². The number of nitrogens with one attached hydrogen (secondary N) is 1. The molecule has 0 fully saturated rings. The summed E-state index contributed by atoms with van der Waals surface area (Å²) in [6.07, 6.45) is 0. The van der Waals surface area contributed by atoms with Gasteiger partial charge in [0, 0.05) is 11.3 Å². The summed E-state index contributed by atoms with van der Waals surface area (Å²) in [6.45, 7) is 0.386. The van der Waals surface area contributed by atoms with E-state index in [1.165, 1.54) is 6.07 Å². The number of anilines is 1. The summed E-state index contributed by atoms with van der Waals surface area (Å²) in [6, 6.07) is 11.5. The van der Waals surface area contributed by atoms with Crippen LogP contribution < -0.4 is 11.1 Å². The molecule has 102 valence electrons. The molecule has 20 heavy (non-hydrogen) atoms. The van der Waals surface area contributed by atoms with Crippen LogP contribution in [0.15, 0.2) is 42.5 Å². The first-order valence-electron chi connectivity index (χ1n) is 5.89. The van der Waals surface area contributed by atoms with E-state index in [2.05, 4.69) is 10.3 Å². The van der Waals surface area contributed by atoms with Crippen molar-refractivity contribution in [2.75, 3.05) is 5.32 Å². The second-order valence-corrected chi connectivity index (χ2v) is 4.11. The number of rotatable bonds is 5. The van der Waals surface area contributed by atoms with Crippen molar-refractivity contribution in [1.82, 2.24) is 4.98 Å². The molecule has 4 N–H and O–H groups in total. The number of nitrogens with two attached hydrogens (primary N) is 1. The maximum atomic E-state index is 10.9.